The maximum Gasteiger partial charge on any atom is 0.334 e. The molecule has 0 radical (unpaired) electrons. The number of rotatable bonds is 4. The van der Waals surface area contributed by atoms with Crippen molar-refractivity contribution in [2.75, 3.05) is 0 Å². The van der Waals surface area contributed by atoms with Crippen LogP contribution in [0.2, 0.25) is 0 Å². The first-order valence-electron chi connectivity index (χ1n) is 7.28. The molecule has 124 valence electrons. The first-order valence-corrected chi connectivity index (χ1v) is 8.16. The van der Waals surface area contributed by atoms with E-state index in [0.717, 1.165) is 15.4 Å². The monoisotopic (exact) mass is 347 g/mol. The van der Waals surface area contributed by atoms with E-state index in [1.165, 1.54) is 23.5 Å². The number of benzene rings is 1. The van der Waals surface area contributed by atoms with Gasteiger partial charge in [0.2, 0.25) is 0 Å². The molecule has 0 bridgehead atoms. The molecule has 2 heterocycles. The number of hydrogen-bond acceptors (Lipinski definition) is 5. The largest absolute Gasteiger partial charge is 0.334 e. The number of imide groups is 2. The van der Waals surface area contributed by atoms with E-state index in [0.29, 0.717) is 10.7 Å². The minimum absolute atomic E-state index is 0.0652. The third-order valence-electron chi connectivity index (χ3n) is 3.56. The van der Waals surface area contributed by atoms with Crippen LogP contribution in [0.1, 0.15) is 19.5 Å². The van der Waals surface area contributed by atoms with Crippen molar-refractivity contribution >= 4 is 29.2 Å². The number of carbonyl (C=O) groups is 3. The van der Waals surface area contributed by atoms with Crippen LogP contribution in [0.15, 0.2) is 29.6 Å². The predicted octanol–water partition coefficient (Wildman–Crippen LogP) is 2.65. The number of nitrogens with zero attached hydrogens (tertiary/aromatic N) is 3. The van der Waals surface area contributed by atoms with Crippen LogP contribution < -0.4 is 0 Å². The minimum Gasteiger partial charge on any atom is -0.263 e. The molecule has 1 aromatic carbocycles. The van der Waals surface area contributed by atoms with Gasteiger partial charge >= 0.3 is 17.8 Å². The van der Waals surface area contributed by atoms with Gasteiger partial charge in [0.25, 0.3) is 0 Å². The summed E-state index contributed by atoms with van der Waals surface area (Å²) in [6.07, 6.45) is 0. The summed E-state index contributed by atoms with van der Waals surface area (Å²) >= 11 is 1.32. The van der Waals surface area contributed by atoms with Crippen molar-refractivity contribution in [3.8, 4) is 10.6 Å². The van der Waals surface area contributed by atoms with E-state index in [1.54, 1.807) is 31.4 Å². The van der Waals surface area contributed by atoms with Gasteiger partial charge in [-0.1, -0.05) is 0 Å². The molecule has 24 heavy (non-hydrogen) atoms. The Hall–Kier alpha value is -2.61. The maximum atomic E-state index is 13.0. The van der Waals surface area contributed by atoms with Gasteiger partial charge in [-0.2, -0.15) is 0 Å². The number of amides is 4. The fourth-order valence-corrected chi connectivity index (χ4v) is 3.20. The Labute approximate surface area is 141 Å². The van der Waals surface area contributed by atoms with Crippen LogP contribution >= 0.6 is 11.3 Å². The summed E-state index contributed by atoms with van der Waals surface area (Å²) in [5, 5.41) is 2.36. The maximum absolute atomic E-state index is 13.0. The summed E-state index contributed by atoms with van der Waals surface area (Å²) in [6, 6.07) is 4.87. The lowest BCUT2D eigenvalue weighted by atomic mass is 10.2. The molecule has 1 fully saturated rings. The summed E-state index contributed by atoms with van der Waals surface area (Å²) in [4.78, 5) is 42.3. The zero-order valence-electron chi connectivity index (χ0n) is 13.0. The molecule has 0 N–H and O–H groups in total. The Balaban J connectivity index is 1.80. The average Bonchev–Trinajstić information content (AvgIpc) is 3.08. The van der Waals surface area contributed by atoms with Gasteiger partial charge in [0.05, 0.1) is 12.2 Å². The van der Waals surface area contributed by atoms with Crippen LogP contribution in [0.25, 0.3) is 10.6 Å². The number of aromatic nitrogens is 1. The van der Waals surface area contributed by atoms with Crippen LogP contribution in [0.5, 0.6) is 0 Å². The summed E-state index contributed by atoms with van der Waals surface area (Å²) in [5.41, 5.74) is 1.24. The molecule has 0 aliphatic carbocycles. The van der Waals surface area contributed by atoms with Gasteiger partial charge in [0.15, 0.2) is 0 Å². The molecule has 1 saturated heterocycles. The Morgan fingerprint density at radius 1 is 1.12 bits per heavy atom. The van der Waals surface area contributed by atoms with Crippen molar-refractivity contribution in [1.29, 1.82) is 0 Å². The summed E-state index contributed by atoms with van der Waals surface area (Å²) in [6.45, 7) is 3.27. The van der Waals surface area contributed by atoms with E-state index in [2.05, 4.69) is 4.98 Å². The van der Waals surface area contributed by atoms with Gasteiger partial charge in [-0.15, -0.1) is 11.3 Å². The quantitative estimate of drug-likeness (QED) is 0.630. The van der Waals surface area contributed by atoms with Gasteiger partial charge in [0, 0.05) is 17.0 Å². The van der Waals surface area contributed by atoms with E-state index in [1.807, 2.05) is 0 Å². The summed E-state index contributed by atoms with van der Waals surface area (Å²) < 4.78 is 13.0. The standard InChI is InChI=1S/C16H14FN3O3S/c1-9(2)20-15(22)14(21)19(16(20)23)7-12-8-24-13(18-12)10-3-5-11(17)6-4-10/h3-6,8-9H,7H2,1-2H3. The normalized spacial score (nSPS) is 15.1. The van der Waals surface area contributed by atoms with Crippen molar-refractivity contribution in [1.82, 2.24) is 14.8 Å². The number of hydrogen-bond donors (Lipinski definition) is 0. The fraction of sp³-hybridized carbons (Fsp3) is 0.250. The molecule has 8 heteroatoms. The zero-order valence-corrected chi connectivity index (χ0v) is 13.8. The molecule has 1 aliphatic rings. The van der Waals surface area contributed by atoms with E-state index in [9.17, 15) is 18.8 Å². The molecule has 0 atom stereocenters. The number of halogens is 1. The first kappa shape index (κ1) is 16.3. The van der Waals surface area contributed by atoms with Crippen LogP contribution in [0.4, 0.5) is 9.18 Å². The Morgan fingerprint density at radius 2 is 1.79 bits per heavy atom. The van der Waals surface area contributed by atoms with Crippen LogP contribution in [0.3, 0.4) is 0 Å². The molecule has 4 amide bonds. The molecule has 0 spiro atoms. The van der Waals surface area contributed by atoms with Gasteiger partial charge in [-0.25, -0.2) is 19.1 Å². The lowest BCUT2D eigenvalue weighted by molar-refractivity contribution is -0.144. The number of urea groups is 1. The van der Waals surface area contributed by atoms with Gasteiger partial charge < -0.3 is 0 Å². The molecular formula is C16H14FN3O3S. The average molecular weight is 347 g/mol. The molecule has 6 nitrogen and oxygen atoms in total. The van der Waals surface area contributed by atoms with E-state index in [-0.39, 0.29) is 18.4 Å². The molecule has 1 aromatic heterocycles. The Bertz CT molecular complexity index is 816. The predicted molar refractivity (Wildman–Crippen MR) is 85.4 cm³/mol. The fourth-order valence-electron chi connectivity index (χ4n) is 2.38. The van der Waals surface area contributed by atoms with Crippen LogP contribution in [0, 0.1) is 5.82 Å². The van der Waals surface area contributed by atoms with Crippen molar-refractivity contribution in [3.63, 3.8) is 0 Å². The zero-order chi connectivity index (χ0) is 17.4. The molecular weight excluding hydrogens is 333 g/mol. The van der Waals surface area contributed by atoms with Crippen molar-refractivity contribution in [3.05, 3.63) is 41.2 Å². The van der Waals surface area contributed by atoms with Crippen LogP contribution in [-0.4, -0.2) is 38.7 Å². The SMILES string of the molecule is CC(C)N1C(=O)C(=O)N(Cc2csc(-c3ccc(F)cc3)n2)C1=O. The topological polar surface area (TPSA) is 70.6 Å². The molecule has 0 saturated carbocycles. The van der Waals surface area contributed by atoms with Gasteiger partial charge in [-0.3, -0.25) is 14.5 Å². The lowest BCUT2D eigenvalue weighted by Gasteiger charge is -2.17. The highest BCUT2D eigenvalue weighted by atomic mass is 32.1. The summed E-state index contributed by atoms with van der Waals surface area (Å²) in [7, 11) is 0. The minimum atomic E-state index is -0.843. The molecule has 2 aromatic rings. The number of thiazole rings is 1. The second kappa shape index (κ2) is 6.12. The van der Waals surface area contributed by atoms with Crippen LogP contribution in [-0.2, 0) is 16.1 Å². The third kappa shape index (κ3) is 2.80. The van der Waals surface area contributed by atoms with E-state index >= 15 is 0 Å². The first-order chi connectivity index (χ1) is 11.4. The highest BCUT2D eigenvalue weighted by Gasteiger charge is 2.45. The highest BCUT2D eigenvalue weighted by molar-refractivity contribution is 7.13. The molecule has 0 unspecified atom stereocenters. The van der Waals surface area contributed by atoms with E-state index < -0.39 is 17.8 Å². The summed E-state index contributed by atoms with van der Waals surface area (Å²) in [5.74, 6) is -2.00. The van der Waals surface area contributed by atoms with Gasteiger partial charge in [0.1, 0.15) is 10.8 Å². The second-order valence-corrected chi connectivity index (χ2v) is 6.45. The lowest BCUT2D eigenvalue weighted by Crippen LogP contribution is -2.37. The Kier molecular flexibility index (Phi) is 4.15. The van der Waals surface area contributed by atoms with E-state index in [4.69, 9.17) is 0 Å². The van der Waals surface area contributed by atoms with Crippen molar-refractivity contribution in [2.45, 2.75) is 26.4 Å². The van der Waals surface area contributed by atoms with Crippen molar-refractivity contribution in [2.24, 2.45) is 0 Å². The third-order valence-corrected chi connectivity index (χ3v) is 4.50. The van der Waals surface area contributed by atoms with Gasteiger partial charge in [-0.05, 0) is 38.1 Å². The highest BCUT2D eigenvalue weighted by Crippen LogP contribution is 2.25. The molecule has 3 rings (SSSR count). The second-order valence-electron chi connectivity index (χ2n) is 5.59. The Morgan fingerprint density at radius 3 is 2.38 bits per heavy atom. The smallest absolute Gasteiger partial charge is 0.263 e. The number of carbonyl (C=O) groups excluding carboxylic acids is 3. The van der Waals surface area contributed by atoms with Crippen molar-refractivity contribution < 1.29 is 18.8 Å². The molecule has 1 aliphatic heterocycles.